The molecule has 0 unspecified atom stereocenters. The Hall–Kier alpha value is -1.99. The second kappa shape index (κ2) is 13.4. The van der Waals surface area contributed by atoms with Crippen molar-refractivity contribution in [1.82, 2.24) is 35.0 Å². The van der Waals surface area contributed by atoms with E-state index < -0.39 is 0 Å². The maximum atomic E-state index is 12.0. The minimum Gasteiger partial charge on any atom is -0.383 e. The van der Waals surface area contributed by atoms with Crippen molar-refractivity contribution >= 4 is 41.5 Å². The highest BCUT2D eigenvalue weighted by Gasteiger charge is 2.21. The zero-order valence-electron chi connectivity index (χ0n) is 18.3. The van der Waals surface area contributed by atoms with Crippen LogP contribution in [0.4, 0.5) is 0 Å². The summed E-state index contributed by atoms with van der Waals surface area (Å²) in [5.74, 6) is 1.87. The van der Waals surface area contributed by atoms with E-state index in [0.717, 1.165) is 56.6 Å². The van der Waals surface area contributed by atoms with Crippen LogP contribution < -0.4 is 10.6 Å². The Kier molecular flexibility index (Phi) is 10.9. The van der Waals surface area contributed by atoms with E-state index in [-0.39, 0.29) is 29.9 Å². The fourth-order valence-electron chi connectivity index (χ4n) is 3.42. The highest BCUT2D eigenvalue weighted by Crippen LogP contribution is 2.05. The van der Waals surface area contributed by atoms with Crippen molar-refractivity contribution in [2.24, 2.45) is 4.99 Å². The number of aliphatic imine (C=N–C) groups is 1. The predicted octanol–water partition coefficient (Wildman–Crippen LogP) is 0.236. The third-order valence-corrected chi connectivity index (χ3v) is 4.98. The number of guanidine groups is 1. The van der Waals surface area contributed by atoms with Gasteiger partial charge in [0.1, 0.15) is 5.82 Å². The fourth-order valence-corrected chi connectivity index (χ4v) is 3.42. The molecule has 2 N–H and O–H groups in total. The number of nitrogens with zero attached hydrogens (tertiary/aromatic N) is 6. The van der Waals surface area contributed by atoms with Gasteiger partial charge in [-0.1, -0.05) is 6.07 Å². The Morgan fingerprint density at radius 3 is 2.74 bits per heavy atom. The van der Waals surface area contributed by atoms with E-state index in [1.54, 1.807) is 7.11 Å². The van der Waals surface area contributed by atoms with Gasteiger partial charge in [0.05, 0.1) is 13.2 Å². The van der Waals surface area contributed by atoms with Gasteiger partial charge in [0.15, 0.2) is 11.6 Å². The second-order valence-corrected chi connectivity index (χ2v) is 7.14. The molecule has 0 spiro atoms. The summed E-state index contributed by atoms with van der Waals surface area (Å²) < 4.78 is 6.96. The molecular formula is C20H33IN8O2. The first-order chi connectivity index (χ1) is 14.7. The second-order valence-electron chi connectivity index (χ2n) is 7.14. The van der Waals surface area contributed by atoms with E-state index >= 15 is 0 Å². The van der Waals surface area contributed by atoms with Crippen LogP contribution in [0, 0.1) is 0 Å². The van der Waals surface area contributed by atoms with Gasteiger partial charge in [-0.05, 0) is 19.1 Å². The van der Waals surface area contributed by atoms with Crippen LogP contribution in [-0.4, -0.2) is 102 Å². The summed E-state index contributed by atoms with van der Waals surface area (Å²) in [6.07, 6.45) is 2.70. The predicted molar refractivity (Wildman–Crippen MR) is 131 cm³/mol. The number of nitrogens with one attached hydrogen (secondary N) is 2. The Bertz CT molecular complexity index is 835. The normalized spacial score (nSPS) is 15.0. The van der Waals surface area contributed by atoms with Crippen LogP contribution >= 0.6 is 24.0 Å². The quantitative estimate of drug-likeness (QED) is 0.202. The van der Waals surface area contributed by atoms with Gasteiger partial charge < -0.3 is 20.3 Å². The van der Waals surface area contributed by atoms with Crippen molar-refractivity contribution in [2.45, 2.75) is 13.3 Å². The van der Waals surface area contributed by atoms with Gasteiger partial charge in [-0.3, -0.25) is 19.1 Å². The number of carbonyl (C=O) groups excluding carboxylic acids is 1. The van der Waals surface area contributed by atoms with Gasteiger partial charge in [0.2, 0.25) is 5.91 Å². The molecule has 31 heavy (non-hydrogen) atoms. The molecule has 11 heteroatoms. The summed E-state index contributed by atoms with van der Waals surface area (Å²) in [7, 11) is 1.63. The molecule has 2 aromatic heterocycles. The van der Waals surface area contributed by atoms with Crippen molar-refractivity contribution in [3.63, 3.8) is 0 Å². The van der Waals surface area contributed by atoms with E-state index in [4.69, 9.17) is 9.73 Å². The molecular weight excluding hydrogens is 511 g/mol. The standard InChI is InChI=1S/C20H32N8O2.HI/c1-3-21-20(23-8-7-18-25-24-17-6-4-5-10-28(17)18)27-13-11-26(12-14-27)16-19(29)22-9-15-30-2;/h4-6,10H,3,7-9,11-16H2,1-2H3,(H,21,23)(H,22,29);1H. The molecule has 172 valence electrons. The molecule has 1 aliphatic heterocycles. The lowest BCUT2D eigenvalue weighted by Gasteiger charge is -2.36. The summed E-state index contributed by atoms with van der Waals surface area (Å²) >= 11 is 0. The smallest absolute Gasteiger partial charge is 0.234 e. The van der Waals surface area contributed by atoms with Crippen LogP contribution in [0.3, 0.4) is 0 Å². The number of hydrogen-bond acceptors (Lipinski definition) is 6. The van der Waals surface area contributed by atoms with E-state index in [1.165, 1.54) is 0 Å². The number of hydrogen-bond donors (Lipinski definition) is 2. The molecule has 0 atom stereocenters. The number of fused-ring (bicyclic) bond motifs is 1. The third kappa shape index (κ3) is 7.58. The van der Waals surface area contributed by atoms with Gasteiger partial charge in [0, 0.05) is 65.5 Å². The highest BCUT2D eigenvalue weighted by atomic mass is 127. The molecule has 1 amide bonds. The Labute approximate surface area is 200 Å². The molecule has 1 aliphatic rings. The van der Waals surface area contributed by atoms with Crippen molar-refractivity contribution < 1.29 is 9.53 Å². The Balaban J connectivity index is 0.00000341. The first-order valence-corrected chi connectivity index (χ1v) is 10.5. The van der Waals surface area contributed by atoms with Gasteiger partial charge in [-0.2, -0.15) is 0 Å². The highest BCUT2D eigenvalue weighted by molar-refractivity contribution is 14.0. The lowest BCUT2D eigenvalue weighted by atomic mass is 10.3. The van der Waals surface area contributed by atoms with Gasteiger partial charge in [-0.25, -0.2) is 0 Å². The van der Waals surface area contributed by atoms with E-state index in [0.29, 0.717) is 26.2 Å². The molecule has 0 radical (unpaired) electrons. The number of halogens is 1. The average Bonchev–Trinajstić information content (AvgIpc) is 3.17. The number of ether oxygens (including phenoxy) is 1. The summed E-state index contributed by atoms with van der Waals surface area (Å²) in [6, 6.07) is 5.88. The van der Waals surface area contributed by atoms with Crippen molar-refractivity contribution in [3.05, 3.63) is 30.2 Å². The van der Waals surface area contributed by atoms with Crippen LogP contribution in [0.25, 0.3) is 5.65 Å². The number of methoxy groups -OCH3 is 1. The topological polar surface area (TPSA) is 99.4 Å². The van der Waals surface area contributed by atoms with Crippen molar-refractivity contribution in [2.75, 3.05) is 66.1 Å². The lowest BCUT2D eigenvalue weighted by molar-refractivity contribution is -0.122. The Morgan fingerprint density at radius 2 is 2.00 bits per heavy atom. The van der Waals surface area contributed by atoms with Crippen LogP contribution in [0.5, 0.6) is 0 Å². The molecule has 3 rings (SSSR count). The summed E-state index contributed by atoms with van der Waals surface area (Å²) in [4.78, 5) is 21.2. The number of piperazine rings is 1. The molecule has 1 fully saturated rings. The SMILES string of the molecule is CCNC(=NCCc1nnc2ccccn12)N1CCN(CC(=O)NCCOC)CC1.I. The molecule has 0 saturated carbocycles. The van der Waals surface area contributed by atoms with Crippen LogP contribution in [-0.2, 0) is 16.0 Å². The van der Waals surface area contributed by atoms with E-state index in [1.807, 2.05) is 28.8 Å². The van der Waals surface area contributed by atoms with Crippen LogP contribution in [0.2, 0.25) is 0 Å². The third-order valence-electron chi connectivity index (χ3n) is 4.98. The number of amides is 1. The number of carbonyl (C=O) groups is 1. The maximum Gasteiger partial charge on any atom is 0.234 e. The minimum atomic E-state index is 0. The molecule has 2 aromatic rings. The van der Waals surface area contributed by atoms with Gasteiger partial charge in [0.25, 0.3) is 0 Å². The van der Waals surface area contributed by atoms with Crippen molar-refractivity contribution in [3.8, 4) is 0 Å². The largest absolute Gasteiger partial charge is 0.383 e. The van der Waals surface area contributed by atoms with Crippen LogP contribution in [0.15, 0.2) is 29.4 Å². The number of aromatic nitrogens is 3. The summed E-state index contributed by atoms with van der Waals surface area (Å²) in [5.41, 5.74) is 0.853. The summed E-state index contributed by atoms with van der Waals surface area (Å²) in [5, 5.41) is 14.7. The Morgan fingerprint density at radius 1 is 1.19 bits per heavy atom. The van der Waals surface area contributed by atoms with E-state index in [2.05, 4.69) is 37.6 Å². The number of pyridine rings is 1. The monoisotopic (exact) mass is 544 g/mol. The first kappa shape index (κ1) is 25.3. The van der Waals surface area contributed by atoms with E-state index in [9.17, 15) is 4.79 Å². The molecule has 0 aliphatic carbocycles. The maximum absolute atomic E-state index is 12.0. The van der Waals surface area contributed by atoms with Gasteiger partial charge in [-0.15, -0.1) is 34.2 Å². The molecule has 1 saturated heterocycles. The lowest BCUT2D eigenvalue weighted by Crippen LogP contribution is -2.54. The number of rotatable bonds is 9. The van der Waals surface area contributed by atoms with Crippen LogP contribution in [0.1, 0.15) is 12.7 Å². The molecule has 0 bridgehead atoms. The van der Waals surface area contributed by atoms with Crippen molar-refractivity contribution in [1.29, 1.82) is 0 Å². The zero-order valence-corrected chi connectivity index (χ0v) is 20.6. The molecule has 10 nitrogen and oxygen atoms in total. The minimum absolute atomic E-state index is 0. The fraction of sp³-hybridized carbons (Fsp3) is 0.600. The molecule has 0 aromatic carbocycles. The van der Waals surface area contributed by atoms with Gasteiger partial charge >= 0.3 is 0 Å². The zero-order chi connectivity index (χ0) is 21.2. The summed E-state index contributed by atoms with van der Waals surface area (Å²) in [6.45, 7) is 8.37. The first-order valence-electron chi connectivity index (χ1n) is 10.5. The molecule has 3 heterocycles. The average molecular weight is 544 g/mol.